The van der Waals surface area contributed by atoms with Crippen LogP contribution < -0.4 is 0 Å². The SMILES string of the molecule is Cn1nc(C(F)(F)F)n(-c2cc(Cl)cc(Cl)c2)c1=S. The van der Waals surface area contributed by atoms with Crippen LogP contribution in [0.15, 0.2) is 18.2 Å². The Morgan fingerprint density at radius 1 is 1.16 bits per heavy atom. The number of rotatable bonds is 1. The summed E-state index contributed by atoms with van der Waals surface area (Å²) >= 11 is 16.5. The molecule has 0 aliphatic heterocycles. The molecule has 0 unspecified atom stereocenters. The van der Waals surface area contributed by atoms with Gasteiger partial charge in [-0.2, -0.15) is 13.2 Å². The first kappa shape index (κ1) is 14.4. The number of aromatic nitrogens is 3. The Morgan fingerprint density at radius 3 is 2.16 bits per heavy atom. The Bertz CT molecular complexity index is 670. The number of hydrogen-bond acceptors (Lipinski definition) is 2. The van der Waals surface area contributed by atoms with Gasteiger partial charge in [0.2, 0.25) is 10.6 Å². The lowest BCUT2D eigenvalue weighted by Crippen LogP contribution is -2.14. The number of hydrogen-bond donors (Lipinski definition) is 0. The first-order chi connectivity index (χ1) is 8.70. The Morgan fingerprint density at radius 2 is 1.68 bits per heavy atom. The van der Waals surface area contributed by atoms with E-state index < -0.39 is 12.0 Å². The molecule has 0 aliphatic carbocycles. The molecule has 0 N–H and O–H groups in total. The maximum absolute atomic E-state index is 12.9. The monoisotopic (exact) mass is 327 g/mol. The van der Waals surface area contributed by atoms with E-state index in [0.717, 1.165) is 9.25 Å². The molecule has 0 radical (unpaired) electrons. The van der Waals surface area contributed by atoms with Gasteiger partial charge in [-0.3, -0.25) is 4.57 Å². The van der Waals surface area contributed by atoms with Gasteiger partial charge in [-0.1, -0.05) is 23.2 Å². The molecule has 3 nitrogen and oxygen atoms in total. The summed E-state index contributed by atoms with van der Waals surface area (Å²) in [4.78, 5) is 0. The second-order valence-electron chi connectivity index (χ2n) is 3.69. The normalized spacial score (nSPS) is 11.9. The molecule has 0 bridgehead atoms. The van der Waals surface area contributed by atoms with Gasteiger partial charge in [0.15, 0.2) is 0 Å². The average molecular weight is 328 g/mol. The second-order valence-corrected chi connectivity index (χ2v) is 4.93. The van der Waals surface area contributed by atoms with Gasteiger partial charge in [-0.15, -0.1) is 5.10 Å². The molecule has 0 fully saturated rings. The number of benzene rings is 1. The average Bonchev–Trinajstić information content (AvgIpc) is 2.53. The van der Waals surface area contributed by atoms with E-state index in [-0.39, 0.29) is 20.5 Å². The quantitative estimate of drug-likeness (QED) is 0.730. The van der Waals surface area contributed by atoms with Crippen molar-refractivity contribution in [3.8, 4) is 5.69 Å². The van der Waals surface area contributed by atoms with E-state index in [1.165, 1.54) is 25.2 Å². The van der Waals surface area contributed by atoms with Gasteiger partial charge in [0.1, 0.15) is 0 Å². The van der Waals surface area contributed by atoms with Crippen molar-refractivity contribution in [3.05, 3.63) is 38.8 Å². The van der Waals surface area contributed by atoms with Crippen molar-refractivity contribution < 1.29 is 13.2 Å². The van der Waals surface area contributed by atoms with Gasteiger partial charge in [0, 0.05) is 17.1 Å². The summed E-state index contributed by atoms with van der Waals surface area (Å²) < 4.78 is 40.4. The highest BCUT2D eigenvalue weighted by atomic mass is 35.5. The fourth-order valence-corrected chi connectivity index (χ4v) is 2.30. The molecule has 19 heavy (non-hydrogen) atoms. The molecule has 2 aromatic rings. The van der Waals surface area contributed by atoms with Crippen molar-refractivity contribution in [2.24, 2.45) is 7.05 Å². The third-order valence-corrected chi connectivity index (χ3v) is 3.17. The third-order valence-electron chi connectivity index (χ3n) is 2.28. The van der Waals surface area contributed by atoms with Gasteiger partial charge in [0.25, 0.3) is 0 Å². The lowest BCUT2D eigenvalue weighted by molar-refractivity contribution is -0.146. The molecule has 1 aromatic carbocycles. The van der Waals surface area contributed by atoms with E-state index in [2.05, 4.69) is 5.10 Å². The highest BCUT2D eigenvalue weighted by Gasteiger charge is 2.38. The molecular formula is C10H6Cl2F3N3S. The van der Waals surface area contributed by atoms with Crippen LogP contribution in [0.5, 0.6) is 0 Å². The van der Waals surface area contributed by atoms with E-state index in [1.807, 2.05) is 0 Å². The highest BCUT2D eigenvalue weighted by molar-refractivity contribution is 7.71. The molecule has 9 heteroatoms. The summed E-state index contributed by atoms with van der Waals surface area (Å²) in [5.41, 5.74) is 0.114. The first-order valence-electron chi connectivity index (χ1n) is 4.90. The van der Waals surface area contributed by atoms with Gasteiger partial charge in [-0.25, -0.2) is 4.68 Å². The molecule has 0 amide bonds. The summed E-state index contributed by atoms with van der Waals surface area (Å²) in [7, 11) is 1.33. The Kier molecular flexibility index (Phi) is 3.63. The van der Waals surface area contributed by atoms with Gasteiger partial charge in [-0.05, 0) is 30.4 Å². The molecule has 0 saturated carbocycles. The summed E-state index contributed by atoms with van der Waals surface area (Å²) in [6, 6.07) is 4.08. The molecule has 0 spiro atoms. The Hall–Kier alpha value is -1.05. The van der Waals surface area contributed by atoms with Gasteiger partial charge in [0.05, 0.1) is 5.69 Å². The van der Waals surface area contributed by atoms with Crippen molar-refractivity contribution in [1.82, 2.24) is 14.3 Å². The van der Waals surface area contributed by atoms with E-state index >= 15 is 0 Å². The fourth-order valence-electron chi connectivity index (χ4n) is 1.55. The van der Waals surface area contributed by atoms with Crippen molar-refractivity contribution in [1.29, 1.82) is 0 Å². The molecule has 102 valence electrons. The van der Waals surface area contributed by atoms with Crippen LogP contribution >= 0.6 is 35.4 Å². The second kappa shape index (κ2) is 4.81. The largest absolute Gasteiger partial charge is 0.452 e. The minimum absolute atomic E-state index is 0.106. The van der Waals surface area contributed by atoms with E-state index in [0.29, 0.717) is 0 Å². The van der Waals surface area contributed by atoms with Crippen molar-refractivity contribution in [2.45, 2.75) is 6.18 Å². The maximum Gasteiger partial charge on any atom is 0.452 e. The topological polar surface area (TPSA) is 22.8 Å². The van der Waals surface area contributed by atoms with Gasteiger partial charge < -0.3 is 0 Å². The number of aryl methyl sites for hydroxylation is 1. The Balaban J connectivity index is 2.78. The molecule has 1 heterocycles. The van der Waals surface area contributed by atoms with Crippen LogP contribution in [0.2, 0.25) is 10.0 Å². The van der Waals surface area contributed by atoms with Crippen LogP contribution in [0.3, 0.4) is 0 Å². The van der Waals surface area contributed by atoms with Crippen LogP contribution in [0.25, 0.3) is 5.69 Å². The lowest BCUT2D eigenvalue weighted by atomic mass is 10.3. The summed E-state index contributed by atoms with van der Waals surface area (Å²) in [5, 5.41) is 3.80. The highest BCUT2D eigenvalue weighted by Crippen LogP contribution is 2.31. The lowest BCUT2D eigenvalue weighted by Gasteiger charge is -2.09. The number of nitrogens with zero attached hydrogens (tertiary/aromatic N) is 3. The van der Waals surface area contributed by atoms with Crippen LogP contribution in [0.4, 0.5) is 13.2 Å². The van der Waals surface area contributed by atoms with Crippen molar-refractivity contribution in [2.75, 3.05) is 0 Å². The predicted molar refractivity (Wildman–Crippen MR) is 68.4 cm³/mol. The van der Waals surface area contributed by atoms with E-state index in [9.17, 15) is 13.2 Å². The van der Waals surface area contributed by atoms with E-state index in [1.54, 1.807) is 0 Å². The predicted octanol–water partition coefficient (Wildman–Crippen LogP) is 4.27. The number of alkyl halides is 3. The minimum Gasteiger partial charge on any atom is -0.264 e. The Labute approximate surface area is 121 Å². The zero-order valence-corrected chi connectivity index (χ0v) is 11.7. The van der Waals surface area contributed by atoms with Crippen molar-refractivity contribution >= 4 is 35.4 Å². The zero-order valence-electron chi connectivity index (χ0n) is 9.37. The fraction of sp³-hybridized carbons (Fsp3) is 0.200. The van der Waals surface area contributed by atoms with Gasteiger partial charge >= 0.3 is 6.18 Å². The van der Waals surface area contributed by atoms with E-state index in [4.69, 9.17) is 35.4 Å². The number of halogens is 5. The third kappa shape index (κ3) is 2.77. The molecule has 0 saturated heterocycles. The summed E-state index contributed by atoms with van der Waals surface area (Å²) in [6.07, 6.45) is -4.64. The molecule has 2 rings (SSSR count). The summed E-state index contributed by atoms with van der Waals surface area (Å²) in [6.45, 7) is 0. The minimum atomic E-state index is -4.64. The standard InChI is InChI=1S/C10H6Cl2F3N3S/c1-17-9(19)18(8(16-17)10(13,14)15)7-3-5(11)2-6(12)4-7/h2-4H,1H3. The van der Waals surface area contributed by atoms with Crippen LogP contribution in [-0.4, -0.2) is 14.3 Å². The summed E-state index contributed by atoms with van der Waals surface area (Å²) in [5.74, 6) is -1.13. The first-order valence-corrected chi connectivity index (χ1v) is 6.06. The smallest absolute Gasteiger partial charge is 0.264 e. The van der Waals surface area contributed by atoms with Crippen LogP contribution in [-0.2, 0) is 13.2 Å². The zero-order chi connectivity index (χ0) is 14.4. The van der Waals surface area contributed by atoms with Crippen LogP contribution in [0, 0.1) is 4.77 Å². The maximum atomic E-state index is 12.9. The van der Waals surface area contributed by atoms with Crippen molar-refractivity contribution in [3.63, 3.8) is 0 Å². The van der Waals surface area contributed by atoms with Crippen LogP contribution in [0.1, 0.15) is 5.82 Å². The molecule has 0 aliphatic rings. The molecule has 0 atom stereocenters. The molecular weight excluding hydrogens is 322 g/mol. The molecule has 1 aromatic heterocycles.